The Morgan fingerprint density at radius 2 is 2.00 bits per heavy atom. The third-order valence-corrected chi connectivity index (χ3v) is 4.16. The summed E-state index contributed by atoms with van der Waals surface area (Å²) in [6.07, 6.45) is 0.667. The Kier molecular flexibility index (Phi) is 4.82. The van der Waals surface area contributed by atoms with Crippen LogP contribution in [0.15, 0.2) is 30.3 Å². The van der Waals surface area contributed by atoms with Gasteiger partial charge in [-0.1, -0.05) is 30.3 Å². The van der Waals surface area contributed by atoms with Crippen LogP contribution in [0.5, 0.6) is 0 Å². The monoisotopic (exact) mass is 304 g/mol. The van der Waals surface area contributed by atoms with Gasteiger partial charge in [-0.25, -0.2) is 9.78 Å². The summed E-state index contributed by atoms with van der Waals surface area (Å²) in [5.41, 5.74) is 6.77. The van der Waals surface area contributed by atoms with Crippen LogP contribution >= 0.6 is 11.3 Å². The number of benzene rings is 1. The second-order valence-electron chi connectivity index (χ2n) is 4.67. The standard InChI is InChI=1S/C15H16N2O3S/c1-9-14(15(19)20)17-12(21-9)8-7-11(18)13(16)10-5-3-2-4-6-10/h2-6,13H,7-8,16H2,1H3,(H,19,20). The summed E-state index contributed by atoms with van der Waals surface area (Å²) >= 11 is 1.31. The number of aromatic carboxylic acids is 1. The third-order valence-electron chi connectivity index (χ3n) is 3.13. The van der Waals surface area contributed by atoms with E-state index in [1.165, 1.54) is 11.3 Å². The fourth-order valence-electron chi connectivity index (χ4n) is 1.99. The maximum absolute atomic E-state index is 12.1. The zero-order chi connectivity index (χ0) is 15.4. The van der Waals surface area contributed by atoms with Crippen LogP contribution in [0.25, 0.3) is 0 Å². The summed E-state index contributed by atoms with van der Waals surface area (Å²) < 4.78 is 0. The van der Waals surface area contributed by atoms with Crippen molar-refractivity contribution in [3.05, 3.63) is 51.5 Å². The van der Waals surface area contributed by atoms with E-state index >= 15 is 0 Å². The minimum atomic E-state index is -1.04. The molecule has 110 valence electrons. The van der Waals surface area contributed by atoms with Crippen LogP contribution in [0.3, 0.4) is 0 Å². The van der Waals surface area contributed by atoms with Crippen molar-refractivity contribution in [3.63, 3.8) is 0 Å². The second-order valence-corrected chi connectivity index (χ2v) is 5.96. The summed E-state index contributed by atoms with van der Waals surface area (Å²) in [6, 6.07) is 8.53. The van der Waals surface area contributed by atoms with Crippen molar-refractivity contribution in [3.8, 4) is 0 Å². The van der Waals surface area contributed by atoms with Gasteiger partial charge >= 0.3 is 5.97 Å². The fraction of sp³-hybridized carbons (Fsp3) is 0.267. The maximum Gasteiger partial charge on any atom is 0.355 e. The van der Waals surface area contributed by atoms with Crippen LogP contribution in [0.4, 0.5) is 0 Å². The molecule has 0 aliphatic carbocycles. The number of ketones is 1. The normalized spacial score (nSPS) is 12.1. The van der Waals surface area contributed by atoms with E-state index in [-0.39, 0.29) is 17.9 Å². The topological polar surface area (TPSA) is 93.3 Å². The highest BCUT2D eigenvalue weighted by Gasteiger charge is 2.18. The van der Waals surface area contributed by atoms with Gasteiger partial charge in [0, 0.05) is 17.7 Å². The predicted molar refractivity (Wildman–Crippen MR) is 80.5 cm³/mol. The van der Waals surface area contributed by atoms with E-state index < -0.39 is 12.0 Å². The molecule has 2 aromatic rings. The minimum Gasteiger partial charge on any atom is -0.476 e. The Balaban J connectivity index is 1.98. The van der Waals surface area contributed by atoms with Gasteiger partial charge in [-0.05, 0) is 12.5 Å². The Morgan fingerprint density at radius 1 is 1.33 bits per heavy atom. The Bertz CT molecular complexity index is 652. The molecule has 3 N–H and O–H groups in total. The predicted octanol–water partition coefficient (Wildman–Crippen LogP) is 2.35. The van der Waals surface area contributed by atoms with E-state index in [1.807, 2.05) is 30.3 Å². The zero-order valence-corrected chi connectivity index (χ0v) is 12.4. The van der Waals surface area contributed by atoms with Crippen molar-refractivity contribution in [2.45, 2.75) is 25.8 Å². The van der Waals surface area contributed by atoms with Crippen LogP contribution < -0.4 is 5.73 Å². The number of Topliss-reactive ketones (excluding diaryl/α,β-unsaturated/α-hetero) is 1. The summed E-state index contributed by atoms with van der Waals surface area (Å²) in [6.45, 7) is 1.71. The number of nitrogens with two attached hydrogens (primary N) is 1. The molecule has 6 heteroatoms. The van der Waals surface area contributed by atoms with Gasteiger partial charge in [0.15, 0.2) is 11.5 Å². The number of aryl methyl sites for hydroxylation is 2. The Morgan fingerprint density at radius 3 is 2.57 bits per heavy atom. The van der Waals surface area contributed by atoms with Crippen molar-refractivity contribution in [2.24, 2.45) is 5.73 Å². The lowest BCUT2D eigenvalue weighted by Crippen LogP contribution is -2.21. The largest absolute Gasteiger partial charge is 0.476 e. The first kappa shape index (κ1) is 15.3. The van der Waals surface area contributed by atoms with Crippen LogP contribution in [0.2, 0.25) is 0 Å². The summed E-state index contributed by atoms with van der Waals surface area (Å²) in [4.78, 5) is 27.7. The van der Waals surface area contributed by atoms with Gasteiger partial charge in [0.25, 0.3) is 0 Å². The van der Waals surface area contributed by atoms with Gasteiger partial charge in [0.1, 0.15) is 0 Å². The molecule has 0 aliphatic heterocycles. The molecule has 0 aliphatic rings. The first-order chi connectivity index (χ1) is 9.99. The van der Waals surface area contributed by atoms with Gasteiger partial charge in [0.05, 0.1) is 11.0 Å². The first-order valence-electron chi connectivity index (χ1n) is 6.52. The number of carbonyl (C=O) groups is 2. The molecular formula is C15H16N2O3S. The molecule has 0 saturated carbocycles. The van der Waals surface area contributed by atoms with E-state index in [0.29, 0.717) is 16.3 Å². The van der Waals surface area contributed by atoms with Crippen LogP contribution in [0, 0.1) is 6.92 Å². The smallest absolute Gasteiger partial charge is 0.355 e. The first-order valence-corrected chi connectivity index (χ1v) is 7.33. The number of hydrogen-bond acceptors (Lipinski definition) is 5. The molecule has 1 aromatic heterocycles. The second kappa shape index (κ2) is 6.60. The van der Waals surface area contributed by atoms with Crippen molar-refractivity contribution >= 4 is 23.1 Å². The molecule has 1 atom stereocenters. The molecular weight excluding hydrogens is 288 g/mol. The number of hydrogen-bond donors (Lipinski definition) is 2. The number of aromatic nitrogens is 1. The fourth-order valence-corrected chi connectivity index (χ4v) is 2.91. The lowest BCUT2D eigenvalue weighted by molar-refractivity contribution is -0.120. The molecule has 0 fully saturated rings. The molecule has 5 nitrogen and oxygen atoms in total. The molecule has 1 unspecified atom stereocenters. The quantitative estimate of drug-likeness (QED) is 0.854. The lowest BCUT2D eigenvalue weighted by Gasteiger charge is -2.09. The van der Waals surface area contributed by atoms with Crippen LogP contribution in [-0.4, -0.2) is 21.8 Å². The van der Waals surface area contributed by atoms with Crippen LogP contribution in [0.1, 0.15) is 38.4 Å². The highest BCUT2D eigenvalue weighted by Crippen LogP contribution is 2.20. The summed E-state index contributed by atoms with van der Waals surface area (Å²) in [5.74, 6) is -1.12. The molecule has 0 radical (unpaired) electrons. The third kappa shape index (κ3) is 3.74. The number of carbonyl (C=O) groups excluding carboxylic acids is 1. The average Bonchev–Trinajstić information content (AvgIpc) is 2.86. The number of carboxylic acids is 1. The molecule has 0 saturated heterocycles. The van der Waals surface area contributed by atoms with E-state index in [2.05, 4.69) is 4.98 Å². The maximum atomic E-state index is 12.1. The van der Waals surface area contributed by atoms with Crippen molar-refractivity contribution in [1.82, 2.24) is 4.98 Å². The van der Waals surface area contributed by atoms with E-state index in [9.17, 15) is 9.59 Å². The Hall–Kier alpha value is -2.05. The van der Waals surface area contributed by atoms with Crippen molar-refractivity contribution < 1.29 is 14.7 Å². The molecule has 0 bridgehead atoms. The number of carboxylic acid groups (broad SMARTS) is 1. The molecule has 21 heavy (non-hydrogen) atoms. The van der Waals surface area contributed by atoms with Gasteiger partial charge < -0.3 is 10.8 Å². The Labute approximate surface area is 126 Å². The molecule has 1 aromatic carbocycles. The van der Waals surface area contributed by atoms with Crippen molar-refractivity contribution in [2.75, 3.05) is 0 Å². The van der Waals surface area contributed by atoms with Crippen molar-refractivity contribution in [1.29, 1.82) is 0 Å². The van der Waals surface area contributed by atoms with Gasteiger partial charge in [-0.2, -0.15) is 0 Å². The highest BCUT2D eigenvalue weighted by atomic mass is 32.1. The van der Waals surface area contributed by atoms with E-state index in [1.54, 1.807) is 6.92 Å². The summed E-state index contributed by atoms with van der Waals surface area (Å²) in [7, 11) is 0. The number of thiazole rings is 1. The highest BCUT2D eigenvalue weighted by molar-refractivity contribution is 7.11. The van der Waals surface area contributed by atoms with Gasteiger partial charge in [-0.15, -0.1) is 11.3 Å². The zero-order valence-electron chi connectivity index (χ0n) is 11.6. The number of rotatable bonds is 6. The average molecular weight is 304 g/mol. The van der Waals surface area contributed by atoms with E-state index in [4.69, 9.17) is 10.8 Å². The molecule has 2 rings (SSSR count). The van der Waals surface area contributed by atoms with Gasteiger partial charge in [-0.3, -0.25) is 4.79 Å². The van der Waals surface area contributed by atoms with E-state index in [0.717, 1.165) is 5.56 Å². The molecule has 0 amide bonds. The van der Waals surface area contributed by atoms with Gasteiger partial charge in [0.2, 0.25) is 0 Å². The lowest BCUT2D eigenvalue weighted by atomic mass is 10.0. The summed E-state index contributed by atoms with van der Waals surface area (Å²) in [5, 5.41) is 9.60. The molecule has 1 heterocycles. The number of nitrogens with zero attached hydrogens (tertiary/aromatic N) is 1. The molecule has 0 spiro atoms. The SMILES string of the molecule is Cc1sc(CCC(=O)C(N)c2ccccc2)nc1C(=O)O. The minimum absolute atomic E-state index is 0.0646. The van der Waals surface area contributed by atoms with Crippen LogP contribution in [-0.2, 0) is 11.2 Å².